The lowest BCUT2D eigenvalue weighted by Gasteiger charge is -2.35. The lowest BCUT2D eigenvalue weighted by Crippen LogP contribution is -2.46. The van der Waals surface area contributed by atoms with E-state index in [2.05, 4.69) is 0 Å². The molecule has 1 heterocycles. The number of hydrogen-bond donors (Lipinski definition) is 5. The van der Waals surface area contributed by atoms with E-state index in [-0.39, 0.29) is 22.3 Å². The molecule has 1 saturated heterocycles. The predicted molar refractivity (Wildman–Crippen MR) is 101 cm³/mol. The summed E-state index contributed by atoms with van der Waals surface area (Å²) in [7, 11) is 0. The summed E-state index contributed by atoms with van der Waals surface area (Å²) >= 11 is 6.01. The first-order valence-electron chi connectivity index (χ1n) is 8.89. The van der Waals surface area contributed by atoms with Crippen LogP contribution in [0.1, 0.15) is 30.0 Å². The number of alkyl halides is 3. The number of halogens is 4. The second kappa shape index (κ2) is 11.1. The molecule has 2 rings (SSSR count). The molecule has 0 saturated carbocycles. The van der Waals surface area contributed by atoms with Crippen LogP contribution in [0.2, 0.25) is 5.02 Å². The van der Waals surface area contributed by atoms with E-state index in [9.17, 15) is 28.2 Å². The van der Waals surface area contributed by atoms with Gasteiger partial charge in [-0.1, -0.05) is 11.6 Å². The highest BCUT2D eigenvalue weighted by atomic mass is 35.5. The SMILES string of the molecule is N#Cc1cc(O)c(C(N)C2CCN(C(=O)C(O)CO)CC2)cc1Cl.O=C(O)C(F)(F)F. The summed E-state index contributed by atoms with van der Waals surface area (Å²) in [5, 5.41) is 44.6. The maximum absolute atomic E-state index is 11.8. The van der Waals surface area contributed by atoms with Crippen LogP contribution in [-0.4, -0.2) is 69.2 Å². The number of nitrogens with zero attached hydrogens (tertiary/aromatic N) is 2. The van der Waals surface area contributed by atoms with E-state index in [0.29, 0.717) is 31.5 Å². The third-order valence-electron chi connectivity index (χ3n) is 4.66. The van der Waals surface area contributed by atoms with Gasteiger partial charge in [-0.05, 0) is 30.9 Å². The summed E-state index contributed by atoms with van der Waals surface area (Å²) in [6.07, 6.45) is -5.28. The van der Waals surface area contributed by atoms with E-state index in [0.717, 1.165) is 0 Å². The van der Waals surface area contributed by atoms with Gasteiger partial charge in [-0.15, -0.1) is 0 Å². The fourth-order valence-electron chi connectivity index (χ4n) is 2.95. The minimum Gasteiger partial charge on any atom is -0.508 e. The lowest BCUT2D eigenvalue weighted by atomic mass is 9.85. The number of likely N-dealkylation sites (tertiary alicyclic amines) is 1. The molecule has 1 aliphatic rings. The van der Waals surface area contributed by atoms with Crippen molar-refractivity contribution in [2.45, 2.75) is 31.2 Å². The van der Waals surface area contributed by atoms with Crippen molar-refractivity contribution in [3.63, 3.8) is 0 Å². The number of nitriles is 1. The molecule has 1 fully saturated rings. The summed E-state index contributed by atoms with van der Waals surface area (Å²) in [5.74, 6) is -3.30. The van der Waals surface area contributed by atoms with Gasteiger partial charge >= 0.3 is 12.1 Å². The first kappa shape index (κ1) is 26.4. The number of carbonyl (C=O) groups is 2. The van der Waals surface area contributed by atoms with Gasteiger partial charge in [0.25, 0.3) is 5.91 Å². The zero-order chi connectivity index (χ0) is 23.9. The summed E-state index contributed by atoms with van der Waals surface area (Å²) in [6.45, 7) is 0.230. The Hall–Kier alpha value is -2.59. The normalized spacial score (nSPS) is 16.5. The van der Waals surface area contributed by atoms with E-state index in [1.165, 1.54) is 17.0 Å². The Morgan fingerprint density at radius 2 is 1.84 bits per heavy atom. The number of aromatic hydroxyl groups is 1. The molecule has 1 aromatic carbocycles. The summed E-state index contributed by atoms with van der Waals surface area (Å²) < 4.78 is 31.7. The third-order valence-corrected chi connectivity index (χ3v) is 4.97. The number of hydrogen-bond acceptors (Lipinski definition) is 7. The van der Waals surface area contributed by atoms with Crippen molar-refractivity contribution in [1.82, 2.24) is 4.90 Å². The molecule has 13 heteroatoms. The molecular weight excluding hydrogens is 447 g/mol. The quantitative estimate of drug-likeness (QED) is 0.439. The van der Waals surface area contributed by atoms with Crippen LogP contribution in [0.4, 0.5) is 13.2 Å². The number of piperidine rings is 1. The molecule has 2 unspecified atom stereocenters. The smallest absolute Gasteiger partial charge is 0.490 e. The molecule has 0 bridgehead atoms. The Bertz CT molecular complexity index is 838. The Morgan fingerprint density at radius 1 is 1.32 bits per heavy atom. The van der Waals surface area contributed by atoms with Gasteiger partial charge < -0.3 is 31.1 Å². The number of rotatable bonds is 4. The number of aliphatic hydroxyl groups is 2. The number of amides is 1. The van der Waals surface area contributed by atoms with Gasteiger partial charge in [-0.2, -0.15) is 18.4 Å². The van der Waals surface area contributed by atoms with E-state index < -0.39 is 36.8 Å². The van der Waals surface area contributed by atoms with Crippen LogP contribution in [0.25, 0.3) is 0 Å². The van der Waals surface area contributed by atoms with Crippen molar-refractivity contribution in [3.05, 3.63) is 28.3 Å². The van der Waals surface area contributed by atoms with Gasteiger partial charge in [0.15, 0.2) is 6.10 Å². The van der Waals surface area contributed by atoms with Gasteiger partial charge in [0.1, 0.15) is 11.8 Å². The molecule has 0 aliphatic carbocycles. The Morgan fingerprint density at radius 3 is 2.26 bits per heavy atom. The zero-order valence-electron chi connectivity index (χ0n) is 16.0. The Labute approximate surface area is 180 Å². The largest absolute Gasteiger partial charge is 0.508 e. The van der Waals surface area contributed by atoms with Gasteiger partial charge in [-0.25, -0.2) is 4.79 Å². The molecule has 0 radical (unpaired) electrons. The average Bonchev–Trinajstić information content (AvgIpc) is 2.73. The highest BCUT2D eigenvalue weighted by molar-refractivity contribution is 6.31. The topological polar surface area (TPSA) is 168 Å². The molecule has 1 amide bonds. The van der Waals surface area contributed by atoms with Crippen molar-refractivity contribution in [2.24, 2.45) is 11.7 Å². The standard InChI is InChI=1S/C16H20ClN3O4.C2HF3O2/c17-12-6-11(13(22)5-10(12)7-18)15(19)9-1-3-20(4-2-9)16(24)14(23)8-21;3-2(4,5)1(6)7/h5-6,9,14-15,21-23H,1-4,8,19H2;(H,6,7). The van der Waals surface area contributed by atoms with Gasteiger partial charge in [-0.3, -0.25) is 4.79 Å². The van der Waals surface area contributed by atoms with Crippen LogP contribution in [0.15, 0.2) is 12.1 Å². The fraction of sp³-hybridized carbons (Fsp3) is 0.500. The number of phenolic OH excluding ortho intramolecular Hbond substituents is 1. The minimum atomic E-state index is -5.08. The highest BCUT2D eigenvalue weighted by Gasteiger charge is 2.38. The molecule has 1 aliphatic heterocycles. The highest BCUT2D eigenvalue weighted by Crippen LogP contribution is 2.36. The van der Waals surface area contributed by atoms with Crippen molar-refractivity contribution < 1.29 is 43.2 Å². The Kier molecular flexibility index (Phi) is 9.51. The number of aliphatic carboxylic acids is 1. The number of phenols is 1. The van der Waals surface area contributed by atoms with Gasteiger partial charge in [0.05, 0.1) is 17.2 Å². The molecule has 2 atom stereocenters. The van der Waals surface area contributed by atoms with Crippen LogP contribution >= 0.6 is 11.6 Å². The molecule has 172 valence electrons. The number of carbonyl (C=O) groups excluding carboxylic acids is 1. The van der Waals surface area contributed by atoms with Crippen LogP contribution < -0.4 is 5.73 Å². The molecule has 0 spiro atoms. The van der Waals surface area contributed by atoms with E-state index >= 15 is 0 Å². The first-order chi connectivity index (χ1) is 14.3. The monoisotopic (exact) mass is 467 g/mol. The summed E-state index contributed by atoms with van der Waals surface area (Å²) in [4.78, 5) is 22.2. The first-order valence-corrected chi connectivity index (χ1v) is 9.27. The van der Waals surface area contributed by atoms with Gasteiger partial charge in [0.2, 0.25) is 0 Å². The molecular formula is C18H21ClF3N3O6. The maximum Gasteiger partial charge on any atom is 0.490 e. The number of carboxylic acid groups (broad SMARTS) is 1. The molecule has 9 nitrogen and oxygen atoms in total. The summed E-state index contributed by atoms with van der Waals surface area (Å²) in [6, 6.07) is 4.22. The molecule has 0 aromatic heterocycles. The maximum atomic E-state index is 11.8. The third kappa shape index (κ3) is 7.25. The number of nitrogens with two attached hydrogens (primary N) is 1. The number of carboxylic acids is 1. The van der Waals surface area contributed by atoms with Crippen molar-refractivity contribution in [1.29, 1.82) is 5.26 Å². The second-order valence-electron chi connectivity index (χ2n) is 6.69. The lowest BCUT2D eigenvalue weighted by molar-refractivity contribution is -0.192. The van der Waals surface area contributed by atoms with Crippen LogP contribution in [-0.2, 0) is 9.59 Å². The average molecular weight is 468 g/mol. The van der Waals surface area contributed by atoms with E-state index in [1.807, 2.05) is 6.07 Å². The summed E-state index contributed by atoms with van der Waals surface area (Å²) in [5.41, 5.74) is 6.90. The van der Waals surface area contributed by atoms with E-state index in [1.54, 1.807) is 0 Å². The second-order valence-corrected chi connectivity index (χ2v) is 7.10. The Balaban J connectivity index is 0.000000592. The van der Waals surface area contributed by atoms with Crippen molar-refractivity contribution in [3.8, 4) is 11.8 Å². The van der Waals surface area contributed by atoms with Crippen molar-refractivity contribution in [2.75, 3.05) is 19.7 Å². The van der Waals surface area contributed by atoms with Crippen LogP contribution in [0, 0.1) is 17.2 Å². The van der Waals surface area contributed by atoms with Crippen molar-refractivity contribution >= 4 is 23.5 Å². The minimum absolute atomic E-state index is 0.0234. The molecule has 6 N–H and O–H groups in total. The predicted octanol–water partition coefficient (Wildman–Crippen LogP) is 1.14. The van der Waals surface area contributed by atoms with Gasteiger partial charge in [0, 0.05) is 24.7 Å². The van der Waals surface area contributed by atoms with Crippen LogP contribution in [0.5, 0.6) is 5.75 Å². The number of aliphatic hydroxyl groups excluding tert-OH is 2. The molecule has 31 heavy (non-hydrogen) atoms. The van der Waals surface area contributed by atoms with E-state index in [4.69, 9.17) is 37.6 Å². The zero-order valence-corrected chi connectivity index (χ0v) is 16.8. The number of benzene rings is 1. The molecule has 1 aromatic rings. The van der Waals surface area contributed by atoms with Crippen LogP contribution in [0.3, 0.4) is 0 Å². The fourth-order valence-corrected chi connectivity index (χ4v) is 3.17.